The predicted molar refractivity (Wildman–Crippen MR) is 97.6 cm³/mol. The number of ether oxygens (including phenoxy) is 1. The van der Waals surface area contributed by atoms with E-state index in [-0.39, 0.29) is 12.0 Å². The number of aromatic amines is 1. The monoisotopic (exact) mass is 352 g/mol. The molecule has 7 nitrogen and oxygen atoms in total. The lowest BCUT2D eigenvalue weighted by molar-refractivity contribution is 0.0956. The summed E-state index contributed by atoms with van der Waals surface area (Å²) in [6.45, 7) is 3.51. The van der Waals surface area contributed by atoms with Crippen LogP contribution in [0, 0.1) is 0 Å². The molecule has 2 aromatic heterocycles. The molecule has 1 saturated heterocycles. The van der Waals surface area contributed by atoms with Crippen LogP contribution >= 0.6 is 0 Å². The number of aromatic nitrogens is 5. The minimum absolute atomic E-state index is 0.139. The molecule has 1 aliphatic rings. The zero-order valence-electron chi connectivity index (χ0n) is 15.0. The highest BCUT2D eigenvalue weighted by Crippen LogP contribution is 2.28. The van der Waals surface area contributed by atoms with Gasteiger partial charge in [-0.3, -0.25) is 9.58 Å². The Hall–Kier alpha value is -2.51. The van der Waals surface area contributed by atoms with Gasteiger partial charge in [-0.2, -0.15) is 20.5 Å². The van der Waals surface area contributed by atoms with Crippen molar-refractivity contribution >= 4 is 0 Å². The molecule has 0 saturated carbocycles. The number of nitrogens with zero attached hydrogens (tertiary/aromatic N) is 5. The third kappa shape index (κ3) is 3.84. The molecule has 0 unspecified atom stereocenters. The normalized spacial score (nSPS) is 20.7. The Morgan fingerprint density at radius 1 is 1.19 bits per heavy atom. The van der Waals surface area contributed by atoms with E-state index in [4.69, 9.17) is 9.84 Å². The first-order valence-corrected chi connectivity index (χ1v) is 8.99. The molecule has 0 spiro atoms. The quantitative estimate of drug-likeness (QED) is 0.703. The number of benzene rings is 1. The van der Waals surface area contributed by atoms with Gasteiger partial charge in [0.25, 0.3) is 0 Å². The van der Waals surface area contributed by atoms with Crippen molar-refractivity contribution in [2.45, 2.75) is 31.5 Å². The summed E-state index contributed by atoms with van der Waals surface area (Å²) < 4.78 is 7.69. The van der Waals surface area contributed by atoms with Gasteiger partial charge in [0.1, 0.15) is 0 Å². The predicted octanol–water partition coefficient (Wildman–Crippen LogP) is 1.86. The number of H-pyrrole nitrogens is 1. The number of hydrogen-bond acceptors (Lipinski definition) is 5. The smallest absolute Gasteiger partial charge is 0.0894 e. The third-order valence-corrected chi connectivity index (χ3v) is 5.01. The van der Waals surface area contributed by atoms with Crippen LogP contribution < -0.4 is 0 Å². The van der Waals surface area contributed by atoms with Crippen LogP contribution in [0.15, 0.2) is 48.8 Å². The van der Waals surface area contributed by atoms with E-state index in [1.54, 1.807) is 13.3 Å². The molecule has 3 heterocycles. The zero-order chi connectivity index (χ0) is 17.8. The van der Waals surface area contributed by atoms with E-state index in [1.165, 1.54) is 5.56 Å². The fourth-order valence-electron chi connectivity index (χ4n) is 3.62. The van der Waals surface area contributed by atoms with Crippen molar-refractivity contribution in [3.05, 3.63) is 65.7 Å². The summed E-state index contributed by atoms with van der Waals surface area (Å²) >= 11 is 0. The summed E-state index contributed by atoms with van der Waals surface area (Å²) in [6, 6.07) is 12.6. The highest BCUT2D eigenvalue weighted by Gasteiger charge is 2.35. The van der Waals surface area contributed by atoms with Crippen LogP contribution in [0.4, 0.5) is 0 Å². The van der Waals surface area contributed by atoms with Crippen LogP contribution in [0.2, 0.25) is 0 Å². The molecular formula is C19H24N6O. The van der Waals surface area contributed by atoms with Crippen LogP contribution in [-0.4, -0.2) is 56.4 Å². The first-order chi connectivity index (χ1) is 12.8. The SMILES string of the molecule is CO[C@@H]1CN(Cc2ccn(CCc3ccccc3)n2)C[C@H]1c1cn[nH]n1. The molecule has 2 atom stereocenters. The van der Waals surface area contributed by atoms with Crippen LogP contribution in [0.25, 0.3) is 0 Å². The van der Waals surface area contributed by atoms with Gasteiger partial charge in [0.15, 0.2) is 0 Å². The highest BCUT2D eigenvalue weighted by molar-refractivity contribution is 5.15. The topological polar surface area (TPSA) is 71.9 Å². The molecule has 26 heavy (non-hydrogen) atoms. The lowest BCUT2D eigenvalue weighted by atomic mass is 10.0. The minimum Gasteiger partial charge on any atom is -0.379 e. The molecule has 7 heteroatoms. The van der Waals surface area contributed by atoms with Gasteiger partial charge in [-0.15, -0.1) is 0 Å². The summed E-state index contributed by atoms with van der Waals surface area (Å²) in [5.74, 6) is 0.249. The molecule has 4 rings (SSSR count). The van der Waals surface area contributed by atoms with Crippen LogP contribution in [-0.2, 0) is 24.2 Å². The lowest BCUT2D eigenvalue weighted by Gasteiger charge is -2.13. The Balaban J connectivity index is 1.34. The second-order valence-electron chi connectivity index (χ2n) is 6.78. The van der Waals surface area contributed by atoms with Crippen LogP contribution in [0.1, 0.15) is 22.9 Å². The molecule has 0 amide bonds. The van der Waals surface area contributed by atoms with Gasteiger partial charge in [0.2, 0.25) is 0 Å². The maximum atomic E-state index is 5.66. The van der Waals surface area contributed by atoms with E-state index in [9.17, 15) is 0 Å². The van der Waals surface area contributed by atoms with E-state index in [2.05, 4.69) is 56.8 Å². The Labute approximate surface area is 153 Å². The largest absolute Gasteiger partial charge is 0.379 e. The van der Waals surface area contributed by atoms with Gasteiger partial charge in [0.05, 0.1) is 23.7 Å². The molecule has 0 aliphatic carbocycles. The number of nitrogens with one attached hydrogen (secondary N) is 1. The lowest BCUT2D eigenvalue weighted by Crippen LogP contribution is -2.23. The van der Waals surface area contributed by atoms with Gasteiger partial charge in [0, 0.05) is 45.4 Å². The molecule has 1 N–H and O–H groups in total. The number of likely N-dealkylation sites (tertiary alicyclic amines) is 1. The second kappa shape index (κ2) is 7.80. The van der Waals surface area contributed by atoms with Gasteiger partial charge >= 0.3 is 0 Å². The maximum Gasteiger partial charge on any atom is 0.0894 e. The van der Waals surface area contributed by atoms with Gasteiger partial charge in [-0.05, 0) is 18.1 Å². The van der Waals surface area contributed by atoms with Crippen molar-refractivity contribution in [1.29, 1.82) is 0 Å². The Morgan fingerprint density at radius 2 is 2.08 bits per heavy atom. The number of methoxy groups -OCH3 is 1. The molecule has 1 aliphatic heterocycles. The standard InChI is InChI=1S/C19H24N6O/c1-26-19-14-24(13-17(19)18-11-20-23-21-18)12-16-8-10-25(22-16)9-7-15-5-3-2-4-6-15/h2-6,8,10-11,17,19H,7,9,12-14H2,1H3,(H,20,21,23)/t17-,19+/m0/s1. The molecule has 1 fully saturated rings. The van der Waals surface area contributed by atoms with Crippen molar-refractivity contribution in [2.24, 2.45) is 0 Å². The average Bonchev–Trinajstić information content (AvgIpc) is 3.42. The summed E-state index contributed by atoms with van der Waals surface area (Å²) in [5, 5.41) is 15.6. The highest BCUT2D eigenvalue weighted by atomic mass is 16.5. The molecule has 1 aromatic carbocycles. The van der Waals surface area contributed by atoms with E-state index in [0.29, 0.717) is 0 Å². The first-order valence-electron chi connectivity index (χ1n) is 8.99. The van der Waals surface area contributed by atoms with Gasteiger partial charge in [-0.25, -0.2) is 0 Å². The fourth-order valence-corrected chi connectivity index (χ4v) is 3.62. The summed E-state index contributed by atoms with van der Waals surface area (Å²) in [4.78, 5) is 2.37. The third-order valence-electron chi connectivity index (χ3n) is 5.01. The minimum atomic E-state index is 0.139. The van der Waals surface area contributed by atoms with Gasteiger partial charge in [-0.1, -0.05) is 30.3 Å². The number of hydrogen-bond donors (Lipinski definition) is 1. The average molecular weight is 352 g/mol. The first kappa shape index (κ1) is 16.9. The zero-order valence-corrected chi connectivity index (χ0v) is 15.0. The van der Waals surface area contributed by atoms with Crippen molar-refractivity contribution in [2.75, 3.05) is 20.2 Å². The molecule has 0 radical (unpaired) electrons. The second-order valence-corrected chi connectivity index (χ2v) is 6.78. The molecule has 3 aromatic rings. The van der Waals surface area contributed by atoms with E-state index < -0.39 is 0 Å². The molecule has 0 bridgehead atoms. The summed E-state index contributed by atoms with van der Waals surface area (Å²) in [6.07, 6.45) is 4.99. The Bertz CT molecular complexity index is 801. The van der Waals surface area contributed by atoms with Crippen molar-refractivity contribution < 1.29 is 4.74 Å². The number of rotatable bonds is 7. The molecular weight excluding hydrogens is 328 g/mol. The van der Waals surface area contributed by atoms with E-state index >= 15 is 0 Å². The summed E-state index contributed by atoms with van der Waals surface area (Å²) in [5.41, 5.74) is 3.39. The van der Waals surface area contributed by atoms with Crippen molar-refractivity contribution in [3.8, 4) is 0 Å². The Kier molecular flexibility index (Phi) is 5.08. The maximum absolute atomic E-state index is 5.66. The molecule has 136 valence electrons. The number of aryl methyl sites for hydroxylation is 2. The van der Waals surface area contributed by atoms with E-state index in [0.717, 1.165) is 44.0 Å². The van der Waals surface area contributed by atoms with Crippen molar-refractivity contribution in [3.63, 3.8) is 0 Å². The van der Waals surface area contributed by atoms with Gasteiger partial charge < -0.3 is 4.74 Å². The van der Waals surface area contributed by atoms with Crippen LogP contribution in [0.3, 0.4) is 0 Å². The van der Waals surface area contributed by atoms with Crippen LogP contribution in [0.5, 0.6) is 0 Å². The van der Waals surface area contributed by atoms with E-state index in [1.807, 2.05) is 10.7 Å². The Morgan fingerprint density at radius 3 is 2.85 bits per heavy atom. The fraction of sp³-hybridized carbons (Fsp3) is 0.421. The summed E-state index contributed by atoms with van der Waals surface area (Å²) in [7, 11) is 1.76. The van der Waals surface area contributed by atoms with Crippen molar-refractivity contribution in [1.82, 2.24) is 30.1 Å².